The molecule has 23 heavy (non-hydrogen) atoms. The lowest BCUT2D eigenvalue weighted by molar-refractivity contribution is -0.123. The van der Waals surface area contributed by atoms with E-state index in [4.69, 9.17) is 4.74 Å². The second-order valence-corrected chi connectivity index (χ2v) is 6.39. The van der Waals surface area contributed by atoms with Gasteiger partial charge in [0.15, 0.2) is 0 Å². The van der Waals surface area contributed by atoms with Crippen molar-refractivity contribution in [1.29, 1.82) is 0 Å². The Hall–Kier alpha value is -1.26. The van der Waals surface area contributed by atoms with Crippen LogP contribution in [0.1, 0.15) is 38.7 Å². The molecule has 1 saturated heterocycles. The molecule has 0 spiro atoms. The molecule has 1 aromatic carbocycles. The Kier molecular flexibility index (Phi) is 9.03. The smallest absolute Gasteiger partial charge is 0.237 e. The van der Waals surface area contributed by atoms with Gasteiger partial charge >= 0.3 is 0 Å². The van der Waals surface area contributed by atoms with Crippen LogP contribution < -0.4 is 15.4 Å². The molecule has 2 N–H and O–H groups in total. The minimum atomic E-state index is 0. The maximum atomic E-state index is 12.0. The van der Waals surface area contributed by atoms with Crippen molar-refractivity contribution in [3.05, 3.63) is 29.8 Å². The molecule has 5 heteroatoms. The number of hydrogen-bond acceptors (Lipinski definition) is 3. The first-order chi connectivity index (χ1) is 10.6. The van der Waals surface area contributed by atoms with Crippen molar-refractivity contribution in [1.82, 2.24) is 10.6 Å². The number of carbonyl (C=O) groups excluding carboxylic acids is 1. The van der Waals surface area contributed by atoms with Gasteiger partial charge in [-0.15, -0.1) is 12.4 Å². The predicted octanol–water partition coefficient (Wildman–Crippen LogP) is 2.94. The number of piperidine rings is 1. The molecule has 1 fully saturated rings. The zero-order valence-corrected chi connectivity index (χ0v) is 15.0. The first kappa shape index (κ1) is 19.8. The topological polar surface area (TPSA) is 50.4 Å². The van der Waals surface area contributed by atoms with Crippen LogP contribution in [0.25, 0.3) is 0 Å². The minimum Gasteiger partial charge on any atom is -0.493 e. The van der Waals surface area contributed by atoms with E-state index in [0.717, 1.165) is 38.2 Å². The van der Waals surface area contributed by atoms with Gasteiger partial charge in [-0.2, -0.15) is 0 Å². The fourth-order valence-electron chi connectivity index (χ4n) is 2.54. The number of benzene rings is 1. The Morgan fingerprint density at radius 3 is 2.65 bits per heavy atom. The van der Waals surface area contributed by atoms with Crippen molar-refractivity contribution in [2.45, 2.75) is 45.6 Å². The summed E-state index contributed by atoms with van der Waals surface area (Å²) in [7, 11) is 0. The van der Waals surface area contributed by atoms with E-state index in [1.165, 1.54) is 12.0 Å². The van der Waals surface area contributed by atoms with Crippen LogP contribution in [-0.2, 0) is 11.2 Å². The highest BCUT2D eigenvalue weighted by Gasteiger charge is 2.19. The molecule has 4 nitrogen and oxygen atoms in total. The number of ether oxygens (including phenoxy) is 1. The van der Waals surface area contributed by atoms with Crippen LogP contribution >= 0.6 is 12.4 Å². The van der Waals surface area contributed by atoms with Gasteiger partial charge in [0.05, 0.1) is 12.6 Å². The van der Waals surface area contributed by atoms with Crippen molar-refractivity contribution in [2.75, 3.05) is 19.7 Å². The molecular formula is C18H29ClN2O2. The summed E-state index contributed by atoms with van der Waals surface area (Å²) in [6, 6.07) is 8.15. The first-order valence-electron chi connectivity index (χ1n) is 8.38. The highest BCUT2D eigenvalue weighted by molar-refractivity contribution is 5.85. The SMILES string of the molecule is CC(C)COc1ccc(CCNC(=O)C2CCCCN2)cc1.Cl. The molecule has 1 aliphatic rings. The number of hydrogen-bond donors (Lipinski definition) is 2. The second-order valence-electron chi connectivity index (χ2n) is 6.39. The van der Waals surface area contributed by atoms with Crippen molar-refractivity contribution >= 4 is 18.3 Å². The van der Waals surface area contributed by atoms with Gasteiger partial charge in [0.2, 0.25) is 5.91 Å². The van der Waals surface area contributed by atoms with Gasteiger partial charge in [0.25, 0.3) is 0 Å². The zero-order chi connectivity index (χ0) is 15.8. The Balaban J connectivity index is 0.00000264. The molecule has 2 rings (SSSR count). The number of halogens is 1. The molecule has 0 radical (unpaired) electrons. The van der Waals surface area contributed by atoms with E-state index >= 15 is 0 Å². The molecule has 1 atom stereocenters. The summed E-state index contributed by atoms with van der Waals surface area (Å²) in [6.45, 7) is 6.65. The molecule has 0 aliphatic carbocycles. The Bertz CT molecular complexity index is 457. The van der Waals surface area contributed by atoms with Crippen LogP contribution in [0, 0.1) is 5.92 Å². The Morgan fingerprint density at radius 2 is 2.04 bits per heavy atom. The van der Waals surface area contributed by atoms with Gasteiger partial charge in [-0.05, 0) is 49.4 Å². The van der Waals surface area contributed by atoms with Crippen molar-refractivity contribution < 1.29 is 9.53 Å². The maximum absolute atomic E-state index is 12.0. The summed E-state index contributed by atoms with van der Waals surface area (Å²) in [5.74, 6) is 1.58. The Morgan fingerprint density at radius 1 is 1.30 bits per heavy atom. The fraction of sp³-hybridized carbons (Fsp3) is 0.611. The molecule has 130 valence electrons. The summed E-state index contributed by atoms with van der Waals surface area (Å²) in [5.41, 5.74) is 1.22. The molecule has 0 saturated carbocycles. The van der Waals surface area contributed by atoms with E-state index < -0.39 is 0 Å². The number of carbonyl (C=O) groups is 1. The lowest BCUT2D eigenvalue weighted by atomic mass is 10.0. The average Bonchev–Trinajstić information content (AvgIpc) is 2.55. The molecular weight excluding hydrogens is 312 g/mol. The number of rotatable bonds is 7. The summed E-state index contributed by atoms with van der Waals surface area (Å²) in [5, 5.41) is 6.29. The quantitative estimate of drug-likeness (QED) is 0.802. The normalized spacial score (nSPS) is 17.4. The molecule has 1 heterocycles. The average molecular weight is 341 g/mol. The highest BCUT2D eigenvalue weighted by Crippen LogP contribution is 2.13. The van der Waals surface area contributed by atoms with Crippen LogP contribution in [0.4, 0.5) is 0 Å². The van der Waals surface area contributed by atoms with Gasteiger partial charge in [-0.25, -0.2) is 0 Å². The summed E-state index contributed by atoms with van der Waals surface area (Å²) >= 11 is 0. The third-order valence-electron chi connectivity index (χ3n) is 3.85. The zero-order valence-electron chi connectivity index (χ0n) is 14.1. The molecule has 1 aliphatic heterocycles. The second kappa shape index (κ2) is 10.5. The molecule has 1 amide bonds. The van der Waals surface area contributed by atoms with Crippen LogP contribution in [0.3, 0.4) is 0 Å². The van der Waals surface area contributed by atoms with E-state index in [1.807, 2.05) is 12.1 Å². The van der Waals surface area contributed by atoms with E-state index in [1.54, 1.807) is 0 Å². The largest absolute Gasteiger partial charge is 0.493 e. The third kappa shape index (κ3) is 7.23. The standard InChI is InChI=1S/C18H28N2O2.ClH/c1-14(2)13-22-16-8-6-15(7-9-16)10-12-20-18(21)17-5-3-4-11-19-17;/h6-9,14,17,19H,3-5,10-13H2,1-2H3,(H,20,21);1H. The number of amides is 1. The van der Waals surface area contributed by atoms with Gasteiger partial charge < -0.3 is 15.4 Å². The van der Waals surface area contributed by atoms with E-state index in [0.29, 0.717) is 12.5 Å². The van der Waals surface area contributed by atoms with Gasteiger partial charge in [0.1, 0.15) is 5.75 Å². The minimum absolute atomic E-state index is 0. The van der Waals surface area contributed by atoms with Crippen LogP contribution in [0.15, 0.2) is 24.3 Å². The molecule has 1 unspecified atom stereocenters. The van der Waals surface area contributed by atoms with Crippen LogP contribution in [0.2, 0.25) is 0 Å². The molecule has 0 aromatic heterocycles. The van der Waals surface area contributed by atoms with Gasteiger partial charge in [-0.1, -0.05) is 32.4 Å². The first-order valence-corrected chi connectivity index (χ1v) is 8.38. The third-order valence-corrected chi connectivity index (χ3v) is 3.85. The highest BCUT2D eigenvalue weighted by atomic mass is 35.5. The lowest BCUT2D eigenvalue weighted by Crippen LogP contribution is -2.47. The maximum Gasteiger partial charge on any atom is 0.237 e. The van der Waals surface area contributed by atoms with Gasteiger partial charge in [-0.3, -0.25) is 4.79 Å². The van der Waals surface area contributed by atoms with Crippen LogP contribution in [-0.4, -0.2) is 31.6 Å². The van der Waals surface area contributed by atoms with Crippen molar-refractivity contribution in [2.24, 2.45) is 5.92 Å². The molecule has 1 aromatic rings. The van der Waals surface area contributed by atoms with Crippen molar-refractivity contribution in [3.63, 3.8) is 0 Å². The van der Waals surface area contributed by atoms with Crippen molar-refractivity contribution in [3.8, 4) is 5.75 Å². The fourth-order valence-corrected chi connectivity index (χ4v) is 2.54. The predicted molar refractivity (Wildman–Crippen MR) is 96.4 cm³/mol. The summed E-state index contributed by atoms with van der Waals surface area (Å²) in [6.07, 6.45) is 4.12. The van der Waals surface area contributed by atoms with E-state index in [-0.39, 0.29) is 24.4 Å². The molecule has 0 bridgehead atoms. The lowest BCUT2D eigenvalue weighted by Gasteiger charge is -2.22. The van der Waals surface area contributed by atoms with Gasteiger partial charge in [0, 0.05) is 6.54 Å². The van der Waals surface area contributed by atoms with E-state index in [2.05, 4.69) is 36.6 Å². The van der Waals surface area contributed by atoms with Crippen LogP contribution in [0.5, 0.6) is 5.75 Å². The monoisotopic (exact) mass is 340 g/mol. The Labute approximate surface area is 145 Å². The summed E-state index contributed by atoms with van der Waals surface area (Å²) in [4.78, 5) is 12.0. The summed E-state index contributed by atoms with van der Waals surface area (Å²) < 4.78 is 5.67. The van der Waals surface area contributed by atoms with E-state index in [9.17, 15) is 4.79 Å². The number of nitrogens with one attached hydrogen (secondary N) is 2.